The van der Waals surface area contributed by atoms with Gasteiger partial charge >= 0.3 is 0 Å². The number of benzene rings is 1. The van der Waals surface area contributed by atoms with Crippen LogP contribution in [0.1, 0.15) is 5.56 Å². The standard InChI is InChI=1S/C11H14BrClO2/c1-9-2-3-10(12)8-11(9)15-7-6-14-5-4-13/h2-3,8H,4-7H2,1H3. The highest BCUT2D eigenvalue weighted by molar-refractivity contribution is 9.10. The molecular formula is C11H14BrClO2. The molecule has 0 N–H and O–H groups in total. The van der Waals surface area contributed by atoms with Crippen molar-refractivity contribution in [2.75, 3.05) is 25.7 Å². The third-order valence-electron chi connectivity index (χ3n) is 1.86. The fourth-order valence-corrected chi connectivity index (χ4v) is 1.55. The third-order valence-corrected chi connectivity index (χ3v) is 2.50. The van der Waals surface area contributed by atoms with Crippen LogP contribution in [0.25, 0.3) is 0 Å². The first-order valence-corrected chi connectivity index (χ1v) is 6.09. The summed E-state index contributed by atoms with van der Waals surface area (Å²) in [7, 11) is 0. The number of hydrogen-bond donors (Lipinski definition) is 0. The van der Waals surface area contributed by atoms with Crippen molar-refractivity contribution in [3.8, 4) is 5.75 Å². The van der Waals surface area contributed by atoms with E-state index in [9.17, 15) is 0 Å². The second-order valence-corrected chi connectivity index (χ2v) is 4.35. The van der Waals surface area contributed by atoms with Crippen molar-refractivity contribution in [3.63, 3.8) is 0 Å². The van der Waals surface area contributed by atoms with Crippen LogP contribution in [-0.4, -0.2) is 25.7 Å². The second-order valence-electron chi connectivity index (χ2n) is 3.06. The smallest absolute Gasteiger partial charge is 0.123 e. The number of alkyl halides is 1. The van der Waals surface area contributed by atoms with Gasteiger partial charge in [-0.1, -0.05) is 22.0 Å². The molecule has 0 aliphatic heterocycles. The number of rotatable bonds is 6. The minimum atomic E-state index is 0.524. The van der Waals surface area contributed by atoms with Crippen LogP contribution >= 0.6 is 27.5 Å². The normalized spacial score (nSPS) is 10.3. The Hall–Kier alpha value is -0.250. The summed E-state index contributed by atoms with van der Waals surface area (Å²) < 4.78 is 11.8. The van der Waals surface area contributed by atoms with E-state index < -0.39 is 0 Å². The maximum atomic E-state index is 5.57. The first kappa shape index (κ1) is 12.8. The SMILES string of the molecule is Cc1ccc(Br)cc1OCCOCCCl. The Morgan fingerprint density at radius 2 is 2.07 bits per heavy atom. The summed E-state index contributed by atoms with van der Waals surface area (Å²) in [6.07, 6.45) is 0. The maximum Gasteiger partial charge on any atom is 0.123 e. The van der Waals surface area contributed by atoms with E-state index in [2.05, 4.69) is 15.9 Å². The highest BCUT2D eigenvalue weighted by atomic mass is 79.9. The molecule has 0 heterocycles. The molecule has 0 saturated heterocycles. The summed E-state index contributed by atoms with van der Waals surface area (Å²) in [5, 5.41) is 0. The number of hydrogen-bond acceptors (Lipinski definition) is 2. The number of ether oxygens (including phenoxy) is 2. The molecule has 0 bridgehead atoms. The molecule has 0 unspecified atom stereocenters. The Bertz CT molecular complexity index is 305. The van der Waals surface area contributed by atoms with Crippen molar-refractivity contribution < 1.29 is 9.47 Å². The van der Waals surface area contributed by atoms with Gasteiger partial charge in [-0.25, -0.2) is 0 Å². The van der Waals surface area contributed by atoms with Gasteiger partial charge in [0, 0.05) is 10.4 Å². The molecule has 4 heteroatoms. The van der Waals surface area contributed by atoms with Crippen LogP contribution in [0.5, 0.6) is 5.75 Å². The van der Waals surface area contributed by atoms with Gasteiger partial charge in [-0.05, 0) is 24.6 Å². The summed E-state index contributed by atoms with van der Waals surface area (Å²) >= 11 is 8.87. The molecule has 0 saturated carbocycles. The first-order chi connectivity index (χ1) is 7.24. The van der Waals surface area contributed by atoms with Gasteiger partial charge in [-0.15, -0.1) is 11.6 Å². The summed E-state index contributed by atoms with van der Waals surface area (Å²) in [6.45, 7) is 3.70. The van der Waals surface area contributed by atoms with Crippen molar-refractivity contribution in [1.29, 1.82) is 0 Å². The molecule has 0 aliphatic carbocycles. The van der Waals surface area contributed by atoms with E-state index in [0.29, 0.717) is 25.7 Å². The summed E-state index contributed by atoms with van der Waals surface area (Å²) in [5.41, 5.74) is 1.12. The van der Waals surface area contributed by atoms with Gasteiger partial charge in [0.1, 0.15) is 12.4 Å². The van der Waals surface area contributed by atoms with E-state index in [1.54, 1.807) is 0 Å². The maximum absolute atomic E-state index is 5.57. The molecule has 1 aromatic rings. The Kier molecular flexibility index (Phi) is 6.06. The number of halogens is 2. The fraction of sp³-hybridized carbons (Fsp3) is 0.455. The second kappa shape index (κ2) is 7.09. The lowest BCUT2D eigenvalue weighted by atomic mass is 10.2. The molecule has 0 spiro atoms. The largest absolute Gasteiger partial charge is 0.491 e. The zero-order valence-electron chi connectivity index (χ0n) is 8.63. The molecule has 15 heavy (non-hydrogen) atoms. The molecule has 1 aromatic carbocycles. The average molecular weight is 294 g/mol. The minimum absolute atomic E-state index is 0.524. The molecule has 1 rings (SSSR count). The highest BCUT2D eigenvalue weighted by Gasteiger charge is 1.99. The van der Waals surface area contributed by atoms with Crippen molar-refractivity contribution in [2.24, 2.45) is 0 Å². The van der Waals surface area contributed by atoms with Crippen LogP contribution in [-0.2, 0) is 4.74 Å². The molecule has 0 fully saturated rings. The zero-order valence-corrected chi connectivity index (χ0v) is 11.0. The molecule has 2 nitrogen and oxygen atoms in total. The van der Waals surface area contributed by atoms with Crippen LogP contribution < -0.4 is 4.74 Å². The molecule has 0 aromatic heterocycles. The Morgan fingerprint density at radius 3 is 2.80 bits per heavy atom. The quantitative estimate of drug-likeness (QED) is 0.591. The summed E-state index contributed by atoms with van der Waals surface area (Å²) in [6, 6.07) is 5.96. The fourth-order valence-electron chi connectivity index (χ4n) is 1.10. The van der Waals surface area contributed by atoms with E-state index in [4.69, 9.17) is 21.1 Å². The summed E-state index contributed by atoms with van der Waals surface area (Å²) in [4.78, 5) is 0. The lowest BCUT2D eigenvalue weighted by Gasteiger charge is -2.09. The molecule has 0 atom stereocenters. The molecule has 0 radical (unpaired) electrons. The minimum Gasteiger partial charge on any atom is -0.491 e. The van der Waals surface area contributed by atoms with Crippen LogP contribution in [0, 0.1) is 6.92 Å². The topological polar surface area (TPSA) is 18.5 Å². The number of aryl methyl sites for hydroxylation is 1. The van der Waals surface area contributed by atoms with Crippen LogP contribution in [0.4, 0.5) is 0 Å². The van der Waals surface area contributed by atoms with Crippen LogP contribution in [0.15, 0.2) is 22.7 Å². The van der Waals surface area contributed by atoms with Crippen LogP contribution in [0.2, 0.25) is 0 Å². The highest BCUT2D eigenvalue weighted by Crippen LogP contribution is 2.22. The van der Waals surface area contributed by atoms with E-state index in [1.165, 1.54) is 0 Å². The van der Waals surface area contributed by atoms with Crippen molar-refractivity contribution in [2.45, 2.75) is 6.92 Å². The van der Waals surface area contributed by atoms with E-state index in [1.807, 2.05) is 25.1 Å². The van der Waals surface area contributed by atoms with E-state index in [-0.39, 0.29) is 0 Å². The predicted octanol–water partition coefficient (Wildman–Crippen LogP) is 3.39. The summed E-state index contributed by atoms with van der Waals surface area (Å²) in [5.74, 6) is 1.41. The van der Waals surface area contributed by atoms with Gasteiger partial charge < -0.3 is 9.47 Å². The van der Waals surface area contributed by atoms with Gasteiger partial charge in [-0.3, -0.25) is 0 Å². The van der Waals surface area contributed by atoms with E-state index >= 15 is 0 Å². The first-order valence-electron chi connectivity index (χ1n) is 4.76. The van der Waals surface area contributed by atoms with Gasteiger partial charge in [0.2, 0.25) is 0 Å². The lowest BCUT2D eigenvalue weighted by Crippen LogP contribution is -2.08. The monoisotopic (exact) mass is 292 g/mol. The molecule has 84 valence electrons. The van der Waals surface area contributed by atoms with Crippen LogP contribution in [0.3, 0.4) is 0 Å². The van der Waals surface area contributed by atoms with Crippen molar-refractivity contribution in [3.05, 3.63) is 28.2 Å². The predicted molar refractivity (Wildman–Crippen MR) is 65.9 cm³/mol. The van der Waals surface area contributed by atoms with Gasteiger partial charge in [-0.2, -0.15) is 0 Å². The van der Waals surface area contributed by atoms with Gasteiger partial charge in [0.25, 0.3) is 0 Å². The molecule has 0 aliphatic rings. The third kappa shape index (κ3) is 4.87. The Labute approximate surface area is 104 Å². The molecular weight excluding hydrogens is 279 g/mol. The Balaban J connectivity index is 2.33. The van der Waals surface area contributed by atoms with Crippen molar-refractivity contribution >= 4 is 27.5 Å². The van der Waals surface area contributed by atoms with Crippen molar-refractivity contribution in [1.82, 2.24) is 0 Å². The lowest BCUT2D eigenvalue weighted by molar-refractivity contribution is 0.111. The molecule has 0 amide bonds. The Morgan fingerprint density at radius 1 is 1.27 bits per heavy atom. The van der Waals surface area contributed by atoms with E-state index in [0.717, 1.165) is 15.8 Å². The van der Waals surface area contributed by atoms with Gasteiger partial charge in [0.05, 0.1) is 13.2 Å². The zero-order chi connectivity index (χ0) is 11.1. The average Bonchev–Trinajstić information content (AvgIpc) is 2.23. The van der Waals surface area contributed by atoms with Gasteiger partial charge in [0.15, 0.2) is 0 Å².